The van der Waals surface area contributed by atoms with Gasteiger partial charge in [-0.2, -0.15) is 0 Å². The Balaban J connectivity index is 1.87. The van der Waals surface area contributed by atoms with Gasteiger partial charge in [-0.1, -0.05) is 49.2 Å². The number of halogens is 1. The van der Waals surface area contributed by atoms with Crippen molar-refractivity contribution in [2.24, 2.45) is 0 Å². The number of unbranched alkanes of at least 4 members (excludes halogenated alkanes) is 1. The highest BCUT2D eigenvalue weighted by atomic mass is 35.5. The number of benzene rings is 3. The lowest BCUT2D eigenvalue weighted by Crippen LogP contribution is -2.09. The van der Waals surface area contributed by atoms with E-state index in [2.05, 4.69) is 79.9 Å². The van der Waals surface area contributed by atoms with Gasteiger partial charge < -0.3 is 15.4 Å². The zero-order chi connectivity index (χ0) is 21.5. The second-order valence-electron chi connectivity index (χ2n) is 7.77. The maximum Gasteiger partial charge on any atom is 0.127 e. The van der Waals surface area contributed by atoms with Gasteiger partial charge in [-0.05, 0) is 67.8 Å². The number of anilines is 2. The van der Waals surface area contributed by atoms with Gasteiger partial charge >= 0.3 is 0 Å². The summed E-state index contributed by atoms with van der Waals surface area (Å²) in [6.07, 6.45) is 2.35. The van der Waals surface area contributed by atoms with E-state index in [0.29, 0.717) is 11.1 Å². The van der Waals surface area contributed by atoms with Crippen molar-refractivity contribution in [1.82, 2.24) is 0 Å². The molecular weight excluding hydrogens is 392 g/mol. The molecule has 0 aliphatic carbocycles. The summed E-state index contributed by atoms with van der Waals surface area (Å²) in [7, 11) is 1.70. The normalized spacial score (nSPS) is 10.9. The quantitative estimate of drug-likeness (QED) is 0.346. The molecule has 0 aliphatic rings. The molecule has 4 heteroatoms. The second kappa shape index (κ2) is 10.4. The topological polar surface area (TPSA) is 33.3 Å². The van der Waals surface area contributed by atoms with E-state index >= 15 is 0 Å². The Labute approximate surface area is 185 Å². The third kappa shape index (κ3) is 5.48. The maximum absolute atomic E-state index is 6.70. The fourth-order valence-electron chi connectivity index (χ4n) is 3.43. The van der Waals surface area contributed by atoms with Gasteiger partial charge in [0.1, 0.15) is 5.75 Å². The van der Waals surface area contributed by atoms with E-state index in [0.717, 1.165) is 45.9 Å². The minimum atomic E-state index is 0.396. The van der Waals surface area contributed by atoms with Crippen molar-refractivity contribution < 1.29 is 4.74 Å². The molecule has 3 nitrogen and oxygen atoms in total. The van der Waals surface area contributed by atoms with Crippen molar-refractivity contribution in [1.29, 1.82) is 0 Å². The van der Waals surface area contributed by atoms with Gasteiger partial charge in [-0.3, -0.25) is 0 Å². The van der Waals surface area contributed by atoms with Gasteiger partial charge in [0.2, 0.25) is 0 Å². The summed E-state index contributed by atoms with van der Waals surface area (Å²) in [5.41, 5.74) is 6.33. The maximum atomic E-state index is 6.70. The highest BCUT2D eigenvalue weighted by molar-refractivity contribution is 6.33. The van der Waals surface area contributed by atoms with Crippen LogP contribution in [0.4, 0.5) is 11.4 Å². The molecule has 0 atom stereocenters. The van der Waals surface area contributed by atoms with E-state index in [1.54, 1.807) is 7.11 Å². The Morgan fingerprint density at radius 3 is 2.03 bits per heavy atom. The van der Waals surface area contributed by atoms with Gasteiger partial charge in [0, 0.05) is 40.1 Å². The van der Waals surface area contributed by atoms with E-state index in [4.69, 9.17) is 16.3 Å². The lowest BCUT2D eigenvalue weighted by molar-refractivity contribution is 0.416. The standard InChI is InChI=1S/C26H31ClN2O/c1-5-6-15-28-21-11-7-19(8-12-21)23-17-26(30-4)24(16-25(23)27)20-9-13-22(14-10-20)29-18(2)3/h7-14,16-18,28-29H,5-6,15H2,1-4H3. The number of hydrogen-bond acceptors (Lipinski definition) is 3. The zero-order valence-corrected chi connectivity index (χ0v) is 19.0. The van der Waals surface area contributed by atoms with E-state index in [-0.39, 0.29) is 0 Å². The highest BCUT2D eigenvalue weighted by Gasteiger charge is 2.13. The summed E-state index contributed by atoms with van der Waals surface area (Å²) in [6, 6.07) is 21.2. The zero-order valence-electron chi connectivity index (χ0n) is 18.3. The van der Waals surface area contributed by atoms with Crippen LogP contribution in [0.3, 0.4) is 0 Å². The summed E-state index contributed by atoms with van der Waals surface area (Å²) >= 11 is 6.70. The van der Waals surface area contributed by atoms with E-state index in [1.165, 1.54) is 12.8 Å². The molecule has 0 amide bonds. The second-order valence-corrected chi connectivity index (χ2v) is 8.17. The summed E-state index contributed by atoms with van der Waals surface area (Å²) in [6.45, 7) is 7.44. The first-order valence-electron chi connectivity index (χ1n) is 10.6. The van der Waals surface area contributed by atoms with Crippen LogP contribution in [0.1, 0.15) is 33.6 Å². The average Bonchev–Trinajstić information content (AvgIpc) is 2.74. The first kappa shape index (κ1) is 22.0. The number of rotatable bonds is 9. The van der Waals surface area contributed by atoms with Crippen molar-refractivity contribution in [3.63, 3.8) is 0 Å². The smallest absolute Gasteiger partial charge is 0.127 e. The fraction of sp³-hybridized carbons (Fsp3) is 0.308. The molecule has 3 aromatic carbocycles. The number of nitrogens with one attached hydrogen (secondary N) is 2. The Hall–Kier alpha value is -2.65. The van der Waals surface area contributed by atoms with E-state index in [9.17, 15) is 0 Å². The SMILES string of the molecule is CCCCNc1ccc(-c2cc(OC)c(-c3ccc(NC(C)C)cc3)cc2Cl)cc1. The van der Waals surface area contributed by atoms with Crippen molar-refractivity contribution in [3.8, 4) is 28.0 Å². The third-order valence-corrected chi connectivity index (χ3v) is 5.31. The number of ether oxygens (including phenoxy) is 1. The molecule has 3 aromatic rings. The molecule has 2 N–H and O–H groups in total. The molecule has 0 aromatic heterocycles. The molecule has 3 rings (SSSR count). The molecule has 0 fully saturated rings. The summed E-state index contributed by atoms with van der Waals surface area (Å²) in [5, 5.41) is 7.57. The third-order valence-electron chi connectivity index (χ3n) is 5.00. The fourth-order valence-corrected chi connectivity index (χ4v) is 3.70. The lowest BCUT2D eigenvalue weighted by Gasteiger charge is -2.15. The Kier molecular flexibility index (Phi) is 7.64. The minimum absolute atomic E-state index is 0.396. The summed E-state index contributed by atoms with van der Waals surface area (Å²) in [5.74, 6) is 0.809. The molecule has 0 aliphatic heterocycles. The van der Waals surface area contributed by atoms with Gasteiger partial charge in [0.15, 0.2) is 0 Å². The minimum Gasteiger partial charge on any atom is -0.496 e. The van der Waals surface area contributed by atoms with Crippen molar-refractivity contribution >= 4 is 23.0 Å². The van der Waals surface area contributed by atoms with Crippen LogP contribution in [-0.4, -0.2) is 19.7 Å². The van der Waals surface area contributed by atoms with Crippen LogP contribution < -0.4 is 15.4 Å². The average molecular weight is 423 g/mol. The molecule has 0 saturated heterocycles. The van der Waals surface area contributed by atoms with Crippen molar-refractivity contribution in [2.75, 3.05) is 24.3 Å². The molecular formula is C26H31ClN2O. The molecule has 0 bridgehead atoms. The monoisotopic (exact) mass is 422 g/mol. The van der Waals surface area contributed by atoms with Gasteiger partial charge in [0.25, 0.3) is 0 Å². The van der Waals surface area contributed by atoms with Crippen molar-refractivity contribution in [2.45, 2.75) is 39.7 Å². The first-order chi connectivity index (χ1) is 14.5. The Morgan fingerprint density at radius 1 is 0.867 bits per heavy atom. The van der Waals surface area contributed by atoms with Crippen LogP contribution in [0.5, 0.6) is 5.75 Å². The summed E-state index contributed by atoms with van der Waals surface area (Å²) < 4.78 is 5.71. The molecule has 30 heavy (non-hydrogen) atoms. The van der Waals surface area contributed by atoms with Crippen LogP contribution in [-0.2, 0) is 0 Å². The van der Waals surface area contributed by atoms with E-state index < -0.39 is 0 Å². The van der Waals surface area contributed by atoms with Crippen LogP contribution in [0.2, 0.25) is 5.02 Å². The van der Waals surface area contributed by atoms with Crippen LogP contribution in [0.15, 0.2) is 60.7 Å². The largest absolute Gasteiger partial charge is 0.496 e. The molecule has 0 spiro atoms. The van der Waals surface area contributed by atoms with E-state index in [1.807, 2.05) is 12.1 Å². The predicted molar refractivity (Wildman–Crippen MR) is 131 cm³/mol. The molecule has 0 unspecified atom stereocenters. The summed E-state index contributed by atoms with van der Waals surface area (Å²) in [4.78, 5) is 0. The molecule has 0 heterocycles. The molecule has 158 valence electrons. The first-order valence-corrected chi connectivity index (χ1v) is 11.0. The van der Waals surface area contributed by atoms with Crippen molar-refractivity contribution in [3.05, 3.63) is 65.7 Å². The van der Waals surface area contributed by atoms with Gasteiger partial charge in [-0.25, -0.2) is 0 Å². The predicted octanol–water partition coefficient (Wildman–Crippen LogP) is 7.71. The Bertz CT molecular complexity index is 950. The van der Waals surface area contributed by atoms with Gasteiger partial charge in [0.05, 0.1) is 7.11 Å². The van der Waals surface area contributed by atoms with Gasteiger partial charge in [-0.15, -0.1) is 0 Å². The van der Waals surface area contributed by atoms with Crippen LogP contribution in [0, 0.1) is 0 Å². The highest BCUT2D eigenvalue weighted by Crippen LogP contribution is 2.39. The molecule has 0 saturated carbocycles. The number of methoxy groups -OCH3 is 1. The number of hydrogen-bond donors (Lipinski definition) is 2. The van der Waals surface area contributed by atoms with Crippen LogP contribution in [0.25, 0.3) is 22.3 Å². The lowest BCUT2D eigenvalue weighted by atomic mass is 9.98. The van der Waals surface area contributed by atoms with Crippen LogP contribution >= 0.6 is 11.6 Å². The molecule has 0 radical (unpaired) electrons. The Morgan fingerprint density at radius 2 is 1.47 bits per heavy atom.